The predicted molar refractivity (Wildman–Crippen MR) is 72.6 cm³/mol. The Morgan fingerprint density at radius 3 is 2.38 bits per heavy atom. The summed E-state index contributed by atoms with van der Waals surface area (Å²) in [6.07, 6.45) is -4.42. The maximum Gasteiger partial charge on any atom is 0.405 e. The molecular weight excluding hydrogens is 287 g/mol. The molecular formula is C13H16F3N3O2. The zero-order valence-corrected chi connectivity index (χ0v) is 11.2. The molecule has 0 spiro atoms. The largest absolute Gasteiger partial charge is 0.405 e. The van der Waals surface area contributed by atoms with Crippen LogP contribution in [0.4, 0.5) is 29.3 Å². The van der Waals surface area contributed by atoms with Crippen molar-refractivity contribution in [2.75, 3.05) is 43.1 Å². The summed E-state index contributed by atoms with van der Waals surface area (Å²) in [5, 5.41) is 4.10. The Morgan fingerprint density at radius 2 is 1.81 bits per heavy atom. The van der Waals surface area contributed by atoms with Crippen molar-refractivity contribution in [2.24, 2.45) is 0 Å². The maximum atomic E-state index is 12.0. The van der Waals surface area contributed by atoms with Crippen LogP contribution in [0.5, 0.6) is 0 Å². The minimum Gasteiger partial charge on any atom is -0.378 e. The van der Waals surface area contributed by atoms with E-state index in [0.717, 1.165) is 18.8 Å². The summed E-state index contributed by atoms with van der Waals surface area (Å²) in [6.45, 7) is 1.56. The number of carbonyl (C=O) groups is 1. The van der Waals surface area contributed by atoms with Crippen LogP contribution in [0.1, 0.15) is 0 Å². The standard InChI is InChI=1S/C13H16F3N3O2/c14-13(15,16)9-17-12(20)18-10-1-3-11(4-2-10)19-5-7-21-8-6-19/h1-4H,5-9H2,(H2,17,18,20). The smallest absolute Gasteiger partial charge is 0.378 e. The molecule has 0 saturated carbocycles. The first kappa shape index (κ1) is 15.4. The van der Waals surface area contributed by atoms with Crippen LogP contribution in [0, 0.1) is 0 Å². The fourth-order valence-electron chi connectivity index (χ4n) is 1.93. The Balaban J connectivity index is 1.85. The summed E-state index contributed by atoms with van der Waals surface area (Å²) < 4.78 is 41.1. The van der Waals surface area contributed by atoms with Gasteiger partial charge in [-0.05, 0) is 24.3 Å². The number of benzene rings is 1. The highest BCUT2D eigenvalue weighted by atomic mass is 19.4. The number of amides is 2. The Hall–Kier alpha value is -1.96. The molecule has 1 aliphatic heterocycles. The molecule has 8 heteroatoms. The molecule has 2 rings (SSSR count). The van der Waals surface area contributed by atoms with Gasteiger partial charge in [-0.25, -0.2) is 4.79 Å². The molecule has 21 heavy (non-hydrogen) atoms. The molecule has 1 aromatic carbocycles. The third kappa shape index (κ3) is 5.14. The van der Waals surface area contributed by atoms with Crippen LogP contribution >= 0.6 is 0 Å². The lowest BCUT2D eigenvalue weighted by Crippen LogP contribution is -2.37. The lowest BCUT2D eigenvalue weighted by Gasteiger charge is -2.28. The van der Waals surface area contributed by atoms with Crippen LogP contribution in [-0.2, 0) is 4.74 Å². The Morgan fingerprint density at radius 1 is 1.19 bits per heavy atom. The van der Waals surface area contributed by atoms with Crippen LogP contribution in [0.3, 0.4) is 0 Å². The average Bonchev–Trinajstić information content (AvgIpc) is 2.46. The molecule has 0 radical (unpaired) electrons. The first-order valence-corrected chi connectivity index (χ1v) is 6.48. The molecule has 1 aliphatic rings. The number of carbonyl (C=O) groups excluding carboxylic acids is 1. The fourth-order valence-corrected chi connectivity index (χ4v) is 1.93. The van der Waals surface area contributed by atoms with Crippen LogP contribution in [-0.4, -0.2) is 45.1 Å². The Bertz CT molecular complexity index is 471. The number of hydrogen-bond acceptors (Lipinski definition) is 3. The van der Waals surface area contributed by atoms with Gasteiger partial charge in [0.25, 0.3) is 0 Å². The Labute approximate surface area is 120 Å². The Kier molecular flexibility index (Phi) is 4.89. The topological polar surface area (TPSA) is 53.6 Å². The molecule has 0 unspecified atom stereocenters. The summed E-state index contributed by atoms with van der Waals surface area (Å²) in [5.74, 6) is 0. The van der Waals surface area contributed by atoms with Gasteiger partial charge in [-0.3, -0.25) is 0 Å². The highest BCUT2D eigenvalue weighted by Crippen LogP contribution is 2.19. The number of anilines is 2. The van der Waals surface area contributed by atoms with E-state index < -0.39 is 18.8 Å². The summed E-state index contributed by atoms with van der Waals surface area (Å²) in [6, 6.07) is 6.04. The van der Waals surface area contributed by atoms with Crippen molar-refractivity contribution in [2.45, 2.75) is 6.18 Å². The van der Waals surface area contributed by atoms with Crippen molar-refractivity contribution in [3.05, 3.63) is 24.3 Å². The molecule has 2 amide bonds. The molecule has 0 aliphatic carbocycles. The normalized spacial score (nSPS) is 15.7. The SMILES string of the molecule is O=C(NCC(F)(F)F)Nc1ccc(N2CCOCC2)cc1. The quantitative estimate of drug-likeness (QED) is 0.900. The van der Waals surface area contributed by atoms with Gasteiger partial charge < -0.3 is 20.3 Å². The van der Waals surface area contributed by atoms with Gasteiger partial charge in [0.05, 0.1) is 13.2 Å². The number of nitrogens with zero attached hydrogens (tertiary/aromatic N) is 1. The minimum absolute atomic E-state index is 0.437. The molecule has 1 heterocycles. The molecule has 1 fully saturated rings. The number of hydrogen-bond donors (Lipinski definition) is 2. The number of ether oxygens (including phenoxy) is 1. The van der Waals surface area contributed by atoms with Crippen molar-refractivity contribution in [1.29, 1.82) is 0 Å². The molecule has 116 valence electrons. The van der Waals surface area contributed by atoms with Crippen molar-refractivity contribution in [3.63, 3.8) is 0 Å². The van der Waals surface area contributed by atoms with Gasteiger partial charge in [0.15, 0.2) is 0 Å². The summed E-state index contributed by atoms with van der Waals surface area (Å²) >= 11 is 0. The van der Waals surface area contributed by atoms with Crippen molar-refractivity contribution < 1.29 is 22.7 Å². The van der Waals surface area contributed by atoms with E-state index in [1.165, 1.54) is 0 Å². The number of nitrogens with one attached hydrogen (secondary N) is 2. The van der Waals surface area contributed by atoms with E-state index in [0.29, 0.717) is 18.9 Å². The monoisotopic (exact) mass is 303 g/mol. The van der Waals surface area contributed by atoms with E-state index in [-0.39, 0.29) is 0 Å². The molecule has 2 N–H and O–H groups in total. The fraction of sp³-hybridized carbons (Fsp3) is 0.462. The van der Waals surface area contributed by atoms with Crippen molar-refractivity contribution >= 4 is 17.4 Å². The zero-order chi connectivity index (χ0) is 15.3. The van der Waals surface area contributed by atoms with Crippen LogP contribution in [0.2, 0.25) is 0 Å². The summed E-state index contributed by atoms with van der Waals surface area (Å²) in [7, 11) is 0. The van der Waals surface area contributed by atoms with E-state index in [1.807, 2.05) is 12.1 Å². The molecule has 5 nitrogen and oxygen atoms in total. The van der Waals surface area contributed by atoms with E-state index >= 15 is 0 Å². The lowest BCUT2D eigenvalue weighted by molar-refractivity contribution is -0.122. The molecule has 0 bridgehead atoms. The molecule has 0 aromatic heterocycles. The zero-order valence-electron chi connectivity index (χ0n) is 11.2. The minimum atomic E-state index is -4.42. The predicted octanol–water partition coefficient (Wildman–Crippen LogP) is 2.21. The van der Waals surface area contributed by atoms with Gasteiger partial charge in [-0.15, -0.1) is 0 Å². The molecule has 1 saturated heterocycles. The number of morpholine rings is 1. The second-order valence-corrected chi connectivity index (χ2v) is 4.57. The van der Waals surface area contributed by atoms with Gasteiger partial charge in [0.2, 0.25) is 0 Å². The van der Waals surface area contributed by atoms with Gasteiger partial charge in [-0.2, -0.15) is 13.2 Å². The van der Waals surface area contributed by atoms with E-state index in [2.05, 4.69) is 10.2 Å². The molecule has 0 atom stereocenters. The van der Waals surface area contributed by atoms with Crippen LogP contribution in [0.15, 0.2) is 24.3 Å². The number of halogens is 3. The second kappa shape index (κ2) is 6.66. The van der Waals surface area contributed by atoms with Crippen LogP contribution in [0.25, 0.3) is 0 Å². The van der Waals surface area contributed by atoms with Crippen molar-refractivity contribution in [3.8, 4) is 0 Å². The molecule has 1 aromatic rings. The first-order valence-electron chi connectivity index (χ1n) is 6.48. The number of alkyl halides is 3. The maximum absolute atomic E-state index is 12.0. The van der Waals surface area contributed by atoms with Gasteiger partial charge in [0.1, 0.15) is 6.54 Å². The summed E-state index contributed by atoms with van der Waals surface area (Å²) in [4.78, 5) is 13.4. The number of rotatable bonds is 3. The van der Waals surface area contributed by atoms with Crippen LogP contribution < -0.4 is 15.5 Å². The third-order valence-corrected chi connectivity index (χ3v) is 2.95. The lowest BCUT2D eigenvalue weighted by atomic mass is 10.2. The van der Waals surface area contributed by atoms with E-state index in [4.69, 9.17) is 4.74 Å². The summed E-state index contributed by atoms with van der Waals surface area (Å²) in [5.41, 5.74) is 1.42. The van der Waals surface area contributed by atoms with Gasteiger partial charge in [-0.1, -0.05) is 0 Å². The second-order valence-electron chi connectivity index (χ2n) is 4.57. The first-order chi connectivity index (χ1) is 9.94. The van der Waals surface area contributed by atoms with Gasteiger partial charge >= 0.3 is 12.2 Å². The highest BCUT2D eigenvalue weighted by Gasteiger charge is 2.27. The van der Waals surface area contributed by atoms with Crippen molar-refractivity contribution in [1.82, 2.24) is 5.32 Å². The third-order valence-electron chi connectivity index (χ3n) is 2.95. The van der Waals surface area contributed by atoms with Gasteiger partial charge in [0, 0.05) is 24.5 Å². The average molecular weight is 303 g/mol. The van der Waals surface area contributed by atoms with E-state index in [9.17, 15) is 18.0 Å². The van der Waals surface area contributed by atoms with E-state index in [1.54, 1.807) is 17.4 Å². The highest BCUT2D eigenvalue weighted by molar-refractivity contribution is 5.89. The number of urea groups is 1.